The molecule has 118 valence electrons. The van der Waals surface area contributed by atoms with E-state index >= 15 is 0 Å². The predicted octanol–water partition coefficient (Wildman–Crippen LogP) is 1.34. The van der Waals surface area contributed by atoms with Crippen molar-refractivity contribution in [3.05, 3.63) is 48.5 Å². The van der Waals surface area contributed by atoms with Gasteiger partial charge in [0.15, 0.2) is 0 Å². The number of nitrogens with zero attached hydrogens (tertiary/aromatic N) is 1. The summed E-state index contributed by atoms with van der Waals surface area (Å²) in [5.41, 5.74) is 6.22. The first-order valence-electron chi connectivity index (χ1n) is 6.04. The summed E-state index contributed by atoms with van der Waals surface area (Å²) in [6, 6.07) is 10.5. The predicted molar refractivity (Wildman–Crippen MR) is 82.7 cm³/mol. The molecule has 0 aliphatic rings. The molecule has 9 heteroatoms. The van der Waals surface area contributed by atoms with Crippen LogP contribution < -0.4 is 10.0 Å². The molecule has 0 fully saturated rings. The Bertz CT molecular complexity index is 873. The van der Waals surface area contributed by atoms with Crippen LogP contribution in [0.15, 0.2) is 58.3 Å². The molecule has 0 saturated carbocycles. The van der Waals surface area contributed by atoms with Gasteiger partial charge in [-0.1, -0.05) is 0 Å². The summed E-state index contributed by atoms with van der Waals surface area (Å²) in [7, 11) is -6.77. The monoisotopic (exact) mass is 342 g/mol. The Labute approximate surface area is 128 Å². The van der Waals surface area contributed by atoms with Gasteiger partial charge in [-0.15, -0.1) is 0 Å². The highest BCUT2D eigenvalue weighted by Gasteiger charge is 2.21. The standard InChI is InChI=1S/C13H14N2O5S2/c1-15(11-4-8-13(9-5-11)22(18,19)20)21(16,17)12-6-2-10(14)3-7-12/h2-9H,14H2,1H3,(H,18,19,20). The van der Waals surface area contributed by atoms with Crippen molar-refractivity contribution in [1.29, 1.82) is 0 Å². The maximum absolute atomic E-state index is 12.4. The average Bonchev–Trinajstić information content (AvgIpc) is 2.46. The molecule has 0 radical (unpaired) electrons. The molecule has 2 aromatic carbocycles. The van der Waals surface area contributed by atoms with Gasteiger partial charge >= 0.3 is 0 Å². The van der Waals surface area contributed by atoms with Crippen LogP contribution in [0, 0.1) is 0 Å². The van der Waals surface area contributed by atoms with Crippen LogP contribution in [0.25, 0.3) is 0 Å². The fourth-order valence-electron chi connectivity index (χ4n) is 1.76. The molecule has 22 heavy (non-hydrogen) atoms. The third kappa shape index (κ3) is 3.21. The highest BCUT2D eigenvalue weighted by Crippen LogP contribution is 2.23. The molecule has 3 N–H and O–H groups in total. The SMILES string of the molecule is CN(c1ccc(S(=O)(=O)O)cc1)S(=O)(=O)c1ccc(N)cc1. The smallest absolute Gasteiger partial charge is 0.294 e. The van der Waals surface area contributed by atoms with E-state index in [9.17, 15) is 16.8 Å². The number of benzene rings is 2. The fraction of sp³-hybridized carbons (Fsp3) is 0.0769. The zero-order valence-corrected chi connectivity index (χ0v) is 13.2. The highest BCUT2D eigenvalue weighted by molar-refractivity contribution is 7.92. The number of rotatable bonds is 4. The topological polar surface area (TPSA) is 118 Å². The van der Waals surface area contributed by atoms with E-state index < -0.39 is 20.1 Å². The van der Waals surface area contributed by atoms with E-state index in [1.165, 1.54) is 43.4 Å². The van der Waals surface area contributed by atoms with E-state index in [2.05, 4.69) is 0 Å². The molecule has 2 aromatic rings. The molecule has 0 heterocycles. The molecule has 0 atom stereocenters. The lowest BCUT2D eigenvalue weighted by Crippen LogP contribution is -2.26. The maximum Gasteiger partial charge on any atom is 0.294 e. The molecule has 0 bridgehead atoms. The van der Waals surface area contributed by atoms with Gasteiger partial charge in [0.1, 0.15) is 0 Å². The number of sulfonamides is 1. The van der Waals surface area contributed by atoms with Crippen LogP contribution in [0.3, 0.4) is 0 Å². The summed E-state index contributed by atoms with van der Waals surface area (Å²) < 4.78 is 56.8. The van der Waals surface area contributed by atoms with Gasteiger partial charge in [-0.05, 0) is 48.5 Å². The van der Waals surface area contributed by atoms with Crippen LogP contribution in [0.2, 0.25) is 0 Å². The zero-order chi connectivity index (χ0) is 16.5. The Morgan fingerprint density at radius 2 is 1.32 bits per heavy atom. The summed E-state index contributed by atoms with van der Waals surface area (Å²) >= 11 is 0. The Morgan fingerprint density at radius 1 is 0.864 bits per heavy atom. The summed E-state index contributed by atoms with van der Waals surface area (Å²) in [6.45, 7) is 0. The van der Waals surface area contributed by atoms with E-state index in [1.807, 2.05) is 0 Å². The lowest BCUT2D eigenvalue weighted by molar-refractivity contribution is 0.483. The Morgan fingerprint density at radius 3 is 1.77 bits per heavy atom. The van der Waals surface area contributed by atoms with Crippen molar-refractivity contribution >= 4 is 31.5 Å². The molecule has 0 unspecified atom stereocenters. The molecule has 0 spiro atoms. The molecule has 2 rings (SSSR count). The quantitative estimate of drug-likeness (QED) is 0.639. The van der Waals surface area contributed by atoms with Crippen LogP contribution in [-0.4, -0.2) is 28.4 Å². The zero-order valence-electron chi connectivity index (χ0n) is 11.5. The second-order valence-corrected chi connectivity index (χ2v) is 7.90. The van der Waals surface area contributed by atoms with E-state index in [1.54, 1.807) is 0 Å². The lowest BCUT2D eigenvalue weighted by atomic mass is 10.3. The minimum Gasteiger partial charge on any atom is -0.399 e. The van der Waals surface area contributed by atoms with Gasteiger partial charge in [-0.25, -0.2) is 8.42 Å². The lowest BCUT2D eigenvalue weighted by Gasteiger charge is -2.19. The van der Waals surface area contributed by atoms with Crippen molar-refractivity contribution in [1.82, 2.24) is 0 Å². The number of nitrogens with two attached hydrogens (primary N) is 1. The minimum atomic E-state index is -4.32. The van der Waals surface area contributed by atoms with E-state index in [0.717, 1.165) is 16.4 Å². The number of nitrogen functional groups attached to an aromatic ring is 1. The van der Waals surface area contributed by atoms with Crippen LogP contribution >= 0.6 is 0 Å². The van der Waals surface area contributed by atoms with Crippen molar-refractivity contribution in [2.24, 2.45) is 0 Å². The third-order valence-electron chi connectivity index (χ3n) is 3.04. The first-order chi connectivity index (χ1) is 10.1. The molecule has 0 aliphatic carbocycles. The molecule has 0 aromatic heterocycles. The van der Waals surface area contributed by atoms with E-state index in [4.69, 9.17) is 10.3 Å². The van der Waals surface area contributed by atoms with Crippen molar-refractivity contribution in [3.8, 4) is 0 Å². The molecule has 7 nitrogen and oxygen atoms in total. The van der Waals surface area contributed by atoms with Gasteiger partial charge in [0.25, 0.3) is 20.1 Å². The first-order valence-corrected chi connectivity index (χ1v) is 8.92. The maximum atomic E-state index is 12.4. The Balaban J connectivity index is 2.38. The van der Waals surface area contributed by atoms with Gasteiger partial charge in [0.2, 0.25) is 0 Å². The van der Waals surface area contributed by atoms with E-state index in [-0.39, 0.29) is 15.5 Å². The number of hydrogen-bond donors (Lipinski definition) is 2. The van der Waals surface area contributed by atoms with Gasteiger partial charge in [0, 0.05) is 12.7 Å². The van der Waals surface area contributed by atoms with Crippen molar-refractivity contribution in [2.75, 3.05) is 17.1 Å². The van der Waals surface area contributed by atoms with Gasteiger partial charge < -0.3 is 5.73 Å². The molecule has 0 aliphatic heterocycles. The minimum absolute atomic E-state index is 0.0584. The molecule has 0 amide bonds. The van der Waals surface area contributed by atoms with Crippen LogP contribution in [-0.2, 0) is 20.1 Å². The molecule has 0 saturated heterocycles. The van der Waals surface area contributed by atoms with Crippen LogP contribution in [0.5, 0.6) is 0 Å². The van der Waals surface area contributed by atoms with Crippen LogP contribution in [0.1, 0.15) is 0 Å². The van der Waals surface area contributed by atoms with Gasteiger partial charge in [0.05, 0.1) is 15.5 Å². The second kappa shape index (κ2) is 5.59. The fourth-order valence-corrected chi connectivity index (χ4v) is 3.44. The molecular weight excluding hydrogens is 328 g/mol. The van der Waals surface area contributed by atoms with Gasteiger partial charge in [-0.3, -0.25) is 8.86 Å². The molecular formula is C13H14N2O5S2. The summed E-state index contributed by atoms with van der Waals surface area (Å²) in [4.78, 5) is -0.252. The summed E-state index contributed by atoms with van der Waals surface area (Å²) in [5.74, 6) is 0. The number of anilines is 2. The average molecular weight is 342 g/mol. The summed E-state index contributed by atoms with van der Waals surface area (Å²) in [5, 5.41) is 0. The van der Waals surface area contributed by atoms with Crippen LogP contribution in [0.4, 0.5) is 11.4 Å². The number of hydrogen-bond acceptors (Lipinski definition) is 5. The highest BCUT2D eigenvalue weighted by atomic mass is 32.2. The summed E-state index contributed by atoms with van der Waals surface area (Å²) in [6.07, 6.45) is 0. The normalized spacial score (nSPS) is 12.1. The second-order valence-electron chi connectivity index (χ2n) is 4.51. The Kier molecular flexibility index (Phi) is 4.14. The van der Waals surface area contributed by atoms with Crippen molar-refractivity contribution in [2.45, 2.75) is 9.79 Å². The largest absolute Gasteiger partial charge is 0.399 e. The first kappa shape index (κ1) is 16.3. The third-order valence-corrected chi connectivity index (χ3v) is 5.70. The van der Waals surface area contributed by atoms with E-state index in [0.29, 0.717) is 5.69 Å². The Hall–Kier alpha value is -2.10. The van der Waals surface area contributed by atoms with Crippen molar-refractivity contribution in [3.63, 3.8) is 0 Å². The van der Waals surface area contributed by atoms with Gasteiger partial charge in [-0.2, -0.15) is 8.42 Å². The van der Waals surface area contributed by atoms with Crippen molar-refractivity contribution < 1.29 is 21.4 Å².